The summed E-state index contributed by atoms with van der Waals surface area (Å²) in [5.41, 5.74) is 1.24. The van der Waals surface area contributed by atoms with Crippen LogP contribution in [0.4, 0.5) is 11.5 Å². The molecule has 2 N–H and O–H groups in total. The minimum Gasteiger partial charge on any atom is -0.497 e. The van der Waals surface area contributed by atoms with Crippen molar-refractivity contribution < 1.29 is 14.3 Å². The minimum absolute atomic E-state index is 0.192. The van der Waals surface area contributed by atoms with Crippen LogP contribution in [0.1, 0.15) is 10.4 Å². The summed E-state index contributed by atoms with van der Waals surface area (Å²) in [5, 5.41) is 5.92. The lowest BCUT2D eigenvalue weighted by molar-refractivity contribution is 0.102. The van der Waals surface area contributed by atoms with E-state index in [1.54, 1.807) is 56.8 Å². The van der Waals surface area contributed by atoms with Gasteiger partial charge < -0.3 is 20.1 Å². The van der Waals surface area contributed by atoms with Crippen LogP contribution in [0.2, 0.25) is 0 Å². The molecule has 0 saturated carbocycles. The maximum absolute atomic E-state index is 12.2. The molecule has 1 amide bonds. The van der Waals surface area contributed by atoms with Gasteiger partial charge in [-0.15, -0.1) is 0 Å². The topological polar surface area (TPSA) is 72.5 Å². The van der Waals surface area contributed by atoms with Crippen molar-refractivity contribution in [2.24, 2.45) is 0 Å². The van der Waals surface area contributed by atoms with Crippen molar-refractivity contribution >= 4 is 17.4 Å². The molecule has 0 spiro atoms. The van der Waals surface area contributed by atoms with Crippen molar-refractivity contribution in [2.45, 2.75) is 0 Å². The van der Waals surface area contributed by atoms with Crippen LogP contribution in [0, 0.1) is 0 Å². The molecule has 6 nitrogen and oxygen atoms in total. The summed E-state index contributed by atoms with van der Waals surface area (Å²) in [4.78, 5) is 16.4. The third-order valence-corrected chi connectivity index (χ3v) is 2.98. The predicted octanol–water partition coefficient (Wildman–Crippen LogP) is 2.40. The van der Waals surface area contributed by atoms with Crippen LogP contribution < -0.4 is 15.4 Å². The predicted molar refractivity (Wildman–Crippen MR) is 85.5 cm³/mol. The van der Waals surface area contributed by atoms with E-state index in [0.717, 1.165) is 5.75 Å². The Morgan fingerprint density at radius 1 is 1.18 bits per heavy atom. The Kier molecular flexibility index (Phi) is 5.73. The smallest absolute Gasteiger partial charge is 0.255 e. The maximum Gasteiger partial charge on any atom is 0.255 e. The van der Waals surface area contributed by atoms with E-state index in [-0.39, 0.29) is 5.91 Å². The third-order valence-electron chi connectivity index (χ3n) is 2.98. The normalized spacial score (nSPS) is 10.1. The molecule has 116 valence electrons. The summed E-state index contributed by atoms with van der Waals surface area (Å²) < 4.78 is 10.0. The molecular formula is C16H19N3O3. The van der Waals surface area contributed by atoms with Crippen LogP contribution in [0.25, 0.3) is 0 Å². The largest absolute Gasteiger partial charge is 0.497 e. The zero-order valence-electron chi connectivity index (χ0n) is 12.6. The highest BCUT2D eigenvalue weighted by molar-refractivity contribution is 6.04. The molecule has 0 aliphatic rings. The van der Waals surface area contributed by atoms with E-state index in [1.165, 1.54) is 0 Å². The fourth-order valence-corrected chi connectivity index (χ4v) is 1.83. The second kappa shape index (κ2) is 7.99. The van der Waals surface area contributed by atoms with E-state index >= 15 is 0 Å². The molecular weight excluding hydrogens is 282 g/mol. The van der Waals surface area contributed by atoms with E-state index in [0.29, 0.717) is 30.2 Å². The fourth-order valence-electron chi connectivity index (χ4n) is 1.83. The molecule has 0 aliphatic carbocycles. The maximum atomic E-state index is 12.2. The molecule has 22 heavy (non-hydrogen) atoms. The number of hydrogen-bond acceptors (Lipinski definition) is 5. The standard InChI is InChI=1S/C16H19N3O3/c1-21-10-9-18-15-11-12(7-8-17-15)16(20)19-13-3-5-14(22-2)6-4-13/h3-8,11H,9-10H2,1-2H3,(H,17,18)(H,19,20). The van der Waals surface area contributed by atoms with Crippen LogP contribution in [0.5, 0.6) is 5.75 Å². The molecule has 0 bridgehead atoms. The molecule has 1 aromatic heterocycles. The first-order chi connectivity index (χ1) is 10.7. The average molecular weight is 301 g/mol. The van der Waals surface area contributed by atoms with E-state index < -0.39 is 0 Å². The molecule has 6 heteroatoms. The minimum atomic E-state index is -0.192. The second-order valence-electron chi connectivity index (χ2n) is 4.53. The summed E-state index contributed by atoms with van der Waals surface area (Å²) in [6.07, 6.45) is 1.60. The quantitative estimate of drug-likeness (QED) is 0.768. The van der Waals surface area contributed by atoms with Crippen LogP contribution in [-0.2, 0) is 4.74 Å². The second-order valence-corrected chi connectivity index (χ2v) is 4.53. The number of pyridine rings is 1. The lowest BCUT2D eigenvalue weighted by Gasteiger charge is -2.08. The van der Waals surface area contributed by atoms with Gasteiger partial charge in [0.15, 0.2) is 0 Å². The molecule has 1 aromatic carbocycles. The van der Waals surface area contributed by atoms with Crippen molar-refractivity contribution in [1.82, 2.24) is 4.98 Å². The van der Waals surface area contributed by atoms with Gasteiger partial charge in [0, 0.05) is 31.1 Å². The van der Waals surface area contributed by atoms with Gasteiger partial charge in [0.2, 0.25) is 0 Å². The molecule has 0 saturated heterocycles. The number of methoxy groups -OCH3 is 2. The monoisotopic (exact) mass is 301 g/mol. The van der Waals surface area contributed by atoms with Crippen molar-refractivity contribution in [2.75, 3.05) is 38.0 Å². The van der Waals surface area contributed by atoms with Crippen molar-refractivity contribution in [3.05, 3.63) is 48.2 Å². The Bertz CT molecular complexity index is 614. The summed E-state index contributed by atoms with van der Waals surface area (Å²) >= 11 is 0. The van der Waals surface area contributed by atoms with Gasteiger partial charge >= 0.3 is 0 Å². The molecule has 2 rings (SSSR count). The van der Waals surface area contributed by atoms with Crippen molar-refractivity contribution in [3.63, 3.8) is 0 Å². The zero-order chi connectivity index (χ0) is 15.8. The third kappa shape index (κ3) is 4.46. The first-order valence-electron chi connectivity index (χ1n) is 6.87. The number of nitrogens with one attached hydrogen (secondary N) is 2. The Morgan fingerprint density at radius 3 is 2.64 bits per heavy atom. The number of benzene rings is 1. The lowest BCUT2D eigenvalue weighted by Crippen LogP contribution is -2.13. The summed E-state index contributed by atoms with van der Waals surface area (Å²) in [5.74, 6) is 1.19. The highest BCUT2D eigenvalue weighted by Gasteiger charge is 2.07. The Morgan fingerprint density at radius 2 is 1.95 bits per heavy atom. The number of hydrogen-bond donors (Lipinski definition) is 2. The number of carbonyl (C=O) groups is 1. The first kappa shape index (κ1) is 15.8. The molecule has 0 fully saturated rings. The number of carbonyl (C=O) groups excluding carboxylic acids is 1. The number of anilines is 2. The molecule has 0 atom stereocenters. The number of ether oxygens (including phenoxy) is 2. The molecule has 2 aromatic rings. The van der Waals surface area contributed by atoms with Crippen LogP contribution >= 0.6 is 0 Å². The van der Waals surface area contributed by atoms with Crippen LogP contribution in [0.3, 0.4) is 0 Å². The highest BCUT2D eigenvalue weighted by atomic mass is 16.5. The SMILES string of the molecule is COCCNc1cc(C(=O)Nc2ccc(OC)cc2)ccn1. The van der Waals surface area contributed by atoms with Gasteiger partial charge in [-0.05, 0) is 36.4 Å². The number of nitrogens with zero attached hydrogens (tertiary/aromatic N) is 1. The Labute approximate surface area is 129 Å². The number of amides is 1. The van der Waals surface area contributed by atoms with Crippen LogP contribution in [-0.4, -0.2) is 38.3 Å². The molecule has 0 unspecified atom stereocenters. The van der Waals surface area contributed by atoms with E-state index in [2.05, 4.69) is 15.6 Å². The van der Waals surface area contributed by atoms with Gasteiger partial charge in [-0.1, -0.05) is 0 Å². The molecule has 0 aliphatic heterocycles. The van der Waals surface area contributed by atoms with Gasteiger partial charge in [0.05, 0.1) is 13.7 Å². The fraction of sp³-hybridized carbons (Fsp3) is 0.250. The Hall–Kier alpha value is -2.60. The van der Waals surface area contributed by atoms with Gasteiger partial charge in [-0.2, -0.15) is 0 Å². The molecule has 1 heterocycles. The highest BCUT2D eigenvalue weighted by Crippen LogP contribution is 2.16. The molecule has 0 radical (unpaired) electrons. The van der Waals surface area contributed by atoms with Crippen molar-refractivity contribution in [3.8, 4) is 5.75 Å². The zero-order valence-corrected chi connectivity index (χ0v) is 12.6. The van der Waals surface area contributed by atoms with E-state index in [1.807, 2.05) is 0 Å². The first-order valence-corrected chi connectivity index (χ1v) is 6.87. The summed E-state index contributed by atoms with van der Waals surface area (Å²) in [7, 11) is 3.23. The number of rotatable bonds is 7. The summed E-state index contributed by atoms with van der Waals surface area (Å²) in [6, 6.07) is 10.5. The lowest BCUT2D eigenvalue weighted by atomic mass is 10.2. The van der Waals surface area contributed by atoms with Crippen molar-refractivity contribution in [1.29, 1.82) is 0 Å². The van der Waals surface area contributed by atoms with E-state index in [9.17, 15) is 4.79 Å². The summed E-state index contributed by atoms with van der Waals surface area (Å²) in [6.45, 7) is 1.21. The van der Waals surface area contributed by atoms with Gasteiger partial charge in [-0.3, -0.25) is 4.79 Å². The van der Waals surface area contributed by atoms with Gasteiger partial charge in [-0.25, -0.2) is 4.98 Å². The van der Waals surface area contributed by atoms with Gasteiger partial charge in [0.25, 0.3) is 5.91 Å². The van der Waals surface area contributed by atoms with E-state index in [4.69, 9.17) is 9.47 Å². The average Bonchev–Trinajstić information content (AvgIpc) is 2.56. The Balaban J connectivity index is 2.00. The number of aromatic nitrogens is 1. The van der Waals surface area contributed by atoms with Crippen LogP contribution in [0.15, 0.2) is 42.6 Å². The van der Waals surface area contributed by atoms with Gasteiger partial charge in [0.1, 0.15) is 11.6 Å².